The summed E-state index contributed by atoms with van der Waals surface area (Å²) in [4.78, 5) is 0. The minimum Gasteiger partial charge on any atom is -0.519 e. The van der Waals surface area contributed by atoms with Crippen LogP contribution >= 0.6 is 0 Å². The molecule has 0 bridgehead atoms. The summed E-state index contributed by atoms with van der Waals surface area (Å²) in [6.07, 6.45) is 0. The van der Waals surface area contributed by atoms with Gasteiger partial charge in [0.15, 0.2) is 0 Å². The predicted molar refractivity (Wildman–Crippen MR) is 90.5 cm³/mol. The van der Waals surface area contributed by atoms with E-state index < -0.39 is 8.32 Å². The minimum absolute atomic E-state index is 0.603. The molecule has 2 aromatic rings. The van der Waals surface area contributed by atoms with Gasteiger partial charge in [0, 0.05) is 5.57 Å². The van der Waals surface area contributed by atoms with Crippen LogP contribution in [0.2, 0.25) is 19.6 Å². The first-order chi connectivity index (χ1) is 9.96. The van der Waals surface area contributed by atoms with Gasteiger partial charge >= 0.3 is 0 Å². The Hall–Kier alpha value is -2.00. The lowest BCUT2D eigenvalue weighted by molar-refractivity contribution is 0.224. The first kappa shape index (κ1) is 15.4. The summed E-state index contributed by atoms with van der Waals surface area (Å²) in [6, 6.07) is 19.9. The second-order valence-corrected chi connectivity index (χ2v) is 10.3. The number of ether oxygens (including phenoxy) is 1. The van der Waals surface area contributed by atoms with E-state index in [4.69, 9.17) is 9.16 Å². The van der Waals surface area contributed by atoms with Crippen LogP contribution in [0, 0.1) is 0 Å². The quantitative estimate of drug-likeness (QED) is 0.550. The molecule has 2 aromatic carbocycles. The summed E-state index contributed by atoms with van der Waals surface area (Å²) in [5, 5.41) is 0. The summed E-state index contributed by atoms with van der Waals surface area (Å²) < 4.78 is 12.2. The maximum Gasteiger partial charge on any atom is 0.274 e. The number of hydrogen-bond donors (Lipinski definition) is 0. The van der Waals surface area contributed by atoms with E-state index in [2.05, 4.69) is 31.8 Å². The van der Waals surface area contributed by atoms with E-state index in [9.17, 15) is 0 Å². The van der Waals surface area contributed by atoms with E-state index in [0.717, 1.165) is 16.9 Å². The van der Waals surface area contributed by atoms with Crippen LogP contribution in [0.1, 0.15) is 12.5 Å². The Morgan fingerprint density at radius 1 is 0.810 bits per heavy atom. The van der Waals surface area contributed by atoms with Gasteiger partial charge in [-0.05, 0) is 44.3 Å². The van der Waals surface area contributed by atoms with E-state index in [1.54, 1.807) is 0 Å². The maximum absolute atomic E-state index is 6.15. The molecule has 2 nitrogen and oxygen atoms in total. The van der Waals surface area contributed by atoms with Crippen molar-refractivity contribution in [1.82, 2.24) is 0 Å². The molecule has 0 N–H and O–H groups in total. The molecule has 110 valence electrons. The van der Waals surface area contributed by atoms with Gasteiger partial charge in [0.25, 0.3) is 5.95 Å². The van der Waals surface area contributed by atoms with Crippen molar-refractivity contribution < 1.29 is 9.16 Å². The standard InChI is InChI=1S/C18H22O2Si/c1-15(16-11-7-5-8-12-16)18(20-21(2,3)4)19-17-13-9-6-10-14-17/h5-14H,1-4H3/b18-15-. The Balaban J connectivity index is 2.36. The maximum atomic E-state index is 6.15. The van der Waals surface area contributed by atoms with Gasteiger partial charge in [0.1, 0.15) is 5.75 Å². The SMILES string of the molecule is C/C(=C(\Oc1ccccc1)O[Si](C)(C)C)c1ccccc1. The third-order valence-corrected chi connectivity index (χ3v) is 3.66. The fraction of sp³-hybridized carbons (Fsp3) is 0.222. The monoisotopic (exact) mass is 298 g/mol. The number of allylic oxidation sites excluding steroid dienone is 1. The van der Waals surface area contributed by atoms with Crippen LogP contribution in [0.25, 0.3) is 5.57 Å². The van der Waals surface area contributed by atoms with Gasteiger partial charge in [-0.1, -0.05) is 48.5 Å². The second kappa shape index (κ2) is 6.63. The smallest absolute Gasteiger partial charge is 0.274 e. The molecule has 2 rings (SSSR count). The molecule has 21 heavy (non-hydrogen) atoms. The van der Waals surface area contributed by atoms with Crippen molar-refractivity contribution in [3.8, 4) is 5.75 Å². The molecule has 0 heterocycles. The van der Waals surface area contributed by atoms with Gasteiger partial charge in [-0.25, -0.2) is 0 Å². The normalized spacial score (nSPS) is 12.6. The van der Waals surface area contributed by atoms with E-state index in [1.165, 1.54) is 0 Å². The lowest BCUT2D eigenvalue weighted by atomic mass is 10.1. The molecule has 0 unspecified atom stereocenters. The highest BCUT2D eigenvalue weighted by molar-refractivity contribution is 6.70. The van der Waals surface area contributed by atoms with Gasteiger partial charge in [0.05, 0.1) is 0 Å². The summed E-state index contributed by atoms with van der Waals surface area (Å²) >= 11 is 0. The Labute approximate surface area is 128 Å². The molecule has 0 saturated heterocycles. The first-order valence-corrected chi connectivity index (χ1v) is 10.5. The molecule has 0 fully saturated rings. The molecule has 0 aliphatic heterocycles. The lowest BCUT2D eigenvalue weighted by Crippen LogP contribution is -2.27. The van der Waals surface area contributed by atoms with Crippen LogP contribution in [0.3, 0.4) is 0 Å². The molecule has 0 amide bonds. The highest BCUT2D eigenvalue weighted by atomic mass is 28.4. The zero-order chi connectivity index (χ0) is 15.3. The minimum atomic E-state index is -1.75. The average molecular weight is 298 g/mol. The largest absolute Gasteiger partial charge is 0.519 e. The van der Waals surface area contributed by atoms with Gasteiger partial charge in [-0.15, -0.1) is 0 Å². The zero-order valence-corrected chi connectivity index (χ0v) is 14.1. The first-order valence-electron chi connectivity index (χ1n) is 7.14. The fourth-order valence-corrected chi connectivity index (χ4v) is 2.60. The molecule has 0 saturated carbocycles. The Kier molecular flexibility index (Phi) is 4.86. The van der Waals surface area contributed by atoms with E-state index in [1.807, 2.05) is 55.5 Å². The van der Waals surface area contributed by atoms with Crippen molar-refractivity contribution in [2.75, 3.05) is 0 Å². The van der Waals surface area contributed by atoms with Crippen molar-refractivity contribution in [3.63, 3.8) is 0 Å². The van der Waals surface area contributed by atoms with Gasteiger partial charge in [-0.2, -0.15) is 0 Å². The van der Waals surface area contributed by atoms with Crippen LogP contribution in [0.15, 0.2) is 66.6 Å². The molecule has 0 atom stereocenters. The second-order valence-electron chi connectivity index (χ2n) is 5.91. The molecule has 0 aromatic heterocycles. The third kappa shape index (κ3) is 4.79. The molecule has 0 radical (unpaired) electrons. The van der Waals surface area contributed by atoms with E-state index >= 15 is 0 Å². The van der Waals surface area contributed by atoms with Crippen LogP contribution in [0.4, 0.5) is 0 Å². The molecular formula is C18H22O2Si. The van der Waals surface area contributed by atoms with E-state index in [0.29, 0.717) is 5.95 Å². The zero-order valence-electron chi connectivity index (χ0n) is 13.1. The van der Waals surface area contributed by atoms with E-state index in [-0.39, 0.29) is 0 Å². The third-order valence-electron chi connectivity index (χ3n) is 2.87. The van der Waals surface area contributed by atoms with Gasteiger partial charge in [0.2, 0.25) is 8.32 Å². The summed E-state index contributed by atoms with van der Waals surface area (Å²) in [5.74, 6) is 1.40. The highest BCUT2D eigenvalue weighted by Gasteiger charge is 2.21. The van der Waals surface area contributed by atoms with Crippen LogP contribution in [-0.2, 0) is 4.43 Å². The van der Waals surface area contributed by atoms with Gasteiger partial charge < -0.3 is 9.16 Å². The van der Waals surface area contributed by atoms with Crippen molar-refractivity contribution in [3.05, 3.63) is 72.2 Å². The number of para-hydroxylation sites is 1. The summed E-state index contributed by atoms with van der Waals surface area (Å²) in [7, 11) is -1.75. The topological polar surface area (TPSA) is 18.5 Å². The lowest BCUT2D eigenvalue weighted by Gasteiger charge is -2.23. The van der Waals surface area contributed by atoms with Crippen molar-refractivity contribution in [1.29, 1.82) is 0 Å². The fourth-order valence-electron chi connectivity index (χ4n) is 1.85. The van der Waals surface area contributed by atoms with Crippen molar-refractivity contribution in [2.45, 2.75) is 26.6 Å². The molecular weight excluding hydrogens is 276 g/mol. The predicted octanol–water partition coefficient (Wildman–Crippen LogP) is 5.31. The van der Waals surface area contributed by atoms with Crippen molar-refractivity contribution in [2.24, 2.45) is 0 Å². The number of rotatable bonds is 5. The van der Waals surface area contributed by atoms with Crippen molar-refractivity contribution >= 4 is 13.9 Å². The van der Waals surface area contributed by atoms with Crippen LogP contribution in [0.5, 0.6) is 5.75 Å². The Morgan fingerprint density at radius 3 is 1.86 bits per heavy atom. The van der Waals surface area contributed by atoms with Gasteiger partial charge in [-0.3, -0.25) is 0 Å². The number of benzene rings is 2. The molecule has 0 aliphatic rings. The number of hydrogen-bond acceptors (Lipinski definition) is 2. The molecule has 0 spiro atoms. The summed E-state index contributed by atoms with van der Waals surface area (Å²) in [6.45, 7) is 8.49. The Bertz CT molecular complexity index is 598. The van der Waals surface area contributed by atoms with Crippen LogP contribution < -0.4 is 4.74 Å². The van der Waals surface area contributed by atoms with Crippen LogP contribution in [-0.4, -0.2) is 8.32 Å². The average Bonchev–Trinajstić information content (AvgIpc) is 2.46. The highest BCUT2D eigenvalue weighted by Crippen LogP contribution is 2.25. The molecule has 0 aliphatic carbocycles. The molecule has 3 heteroatoms. The summed E-state index contributed by atoms with van der Waals surface area (Å²) in [5.41, 5.74) is 2.13. The Morgan fingerprint density at radius 2 is 1.33 bits per heavy atom.